The van der Waals surface area contributed by atoms with Gasteiger partial charge in [-0.05, 0) is 53.9 Å². The van der Waals surface area contributed by atoms with Gasteiger partial charge in [-0.25, -0.2) is 4.98 Å². The molecule has 1 aromatic carbocycles. The summed E-state index contributed by atoms with van der Waals surface area (Å²) in [4.78, 5) is 4.94. The van der Waals surface area contributed by atoms with E-state index in [2.05, 4.69) is 70.1 Å². The van der Waals surface area contributed by atoms with Gasteiger partial charge in [-0.3, -0.25) is 0 Å². The summed E-state index contributed by atoms with van der Waals surface area (Å²) in [5.74, 6) is 0.427. The van der Waals surface area contributed by atoms with Crippen molar-refractivity contribution in [3.8, 4) is 0 Å². The molecule has 0 aliphatic rings. The molecule has 0 saturated heterocycles. The quantitative estimate of drug-likeness (QED) is 0.166. The lowest BCUT2D eigenvalue weighted by Crippen LogP contribution is -2.22. The van der Waals surface area contributed by atoms with Gasteiger partial charge in [0.05, 0.1) is 23.0 Å². The summed E-state index contributed by atoms with van der Waals surface area (Å²) in [6.07, 6.45) is 4.45. The molecule has 0 spiro atoms. The SMILES string of the molecule is C=C(CN/C(=C\C(C)CC)c1csc(Cc2cc(C)c(CCOSC(F)(F)F)cc2C)n1)C(C)(C)C. The van der Waals surface area contributed by atoms with Crippen LogP contribution in [0.1, 0.15) is 74.0 Å². The molecular formula is C28H39F3N2OS2. The molecule has 0 aliphatic heterocycles. The first-order chi connectivity index (χ1) is 16.7. The predicted molar refractivity (Wildman–Crippen MR) is 148 cm³/mol. The summed E-state index contributed by atoms with van der Waals surface area (Å²) in [7, 11) is 0. The third-order valence-electron chi connectivity index (χ3n) is 6.22. The van der Waals surface area contributed by atoms with Crippen LogP contribution in [0.3, 0.4) is 0 Å². The van der Waals surface area contributed by atoms with E-state index in [0.717, 1.165) is 45.1 Å². The standard InChI is InChI=1S/C28H39F3N2OS2/c1-9-18(2)12-24(32-16-21(5)27(6,7)8)25-17-35-26(33-25)15-23-14-19(3)22(13-20(23)4)10-11-34-36-28(29,30)31/h12-14,17-18,32H,5,9-11,15-16H2,1-4,6-8H3/b24-12-. The molecule has 0 saturated carbocycles. The van der Waals surface area contributed by atoms with Crippen molar-refractivity contribution in [2.45, 2.75) is 73.2 Å². The second kappa shape index (κ2) is 13.2. The lowest BCUT2D eigenvalue weighted by atomic mass is 9.87. The number of nitrogens with zero attached hydrogens (tertiary/aromatic N) is 1. The molecule has 1 unspecified atom stereocenters. The van der Waals surface area contributed by atoms with Crippen LogP contribution in [0.2, 0.25) is 0 Å². The summed E-state index contributed by atoms with van der Waals surface area (Å²) in [6, 6.07) is 4.17. The van der Waals surface area contributed by atoms with Gasteiger partial charge in [0, 0.05) is 18.3 Å². The highest BCUT2D eigenvalue weighted by Gasteiger charge is 2.29. The number of halogens is 3. The molecule has 0 aliphatic carbocycles. The molecule has 2 aromatic rings. The number of aryl methyl sites for hydroxylation is 2. The van der Waals surface area contributed by atoms with E-state index < -0.39 is 17.6 Å². The van der Waals surface area contributed by atoms with Crippen LogP contribution in [-0.2, 0) is 17.0 Å². The molecule has 2 rings (SSSR count). The molecule has 0 fully saturated rings. The van der Waals surface area contributed by atoms with Gasteiger partial charge in [-0.15, -0.1) is 11.3 Å². The Bertz CT molecular complexity index is 1050. The maximum Gasteiger partial charge on any atom is 0.467 e. The van der Waals surface area contributed by atoms with E-state index in [0.29, 0.717) is 25.3 Å². The Morgan fingerprint density at radius 3 is 2.44 bits per heavy atom. The summed E-state index contributed by atoms with van der Waals surface area (Å²) >= 11 is 1.20. The lowest BCUT2D eigenvalue weighted by molar-refractivity contribution is -0.0396. The second-order valence-corrected chi connectivity index (χ2v) is 12.1. The van der Waals surface area contributed by atoms with Crippen LogP contribution in [0.5, 0.6) is 0 Å². The van der Waals surface area contributed by atoms with Gasteiger partial charge in [0.15, 0.2) is 0 Å². The predicted octanol–water partition coefficient (Wildman–Crippen LogP) is 8.66. The van der Waals surface area contributed by atoms with Crippen LogP contribution in [0.25, 0.3) is 5.70 Å². The van der Waals surface area contributed by atoms with Gasteiger partial charge in [0.2, 0.25) is 0 Å². The smallest absolute Gasteiger partial charge is 0.380 e. The Morgan fingerprint density at radius 1 is 1.19 bits per heavy atom. The summed E-state index contributed by atoms with van der Waals surface area (Å²) in [5.41, 5.74) is 3.11. The minimum absolute atomic E-state index is 0.0135. The number of aromatic nitrogens is 1. The van der Waals surface area contributed by atoms with Crippen molar-refractivity contribution in [1.29, 1.82) is 0 Å². The maximum absolute atomic E-state index is 12.3. The minimum Gasteiger partial charge on any atom is -0.380 e. The molecule has 0 amide bonds. The fourth-order valence-corrected chi connectivity index (χ4v) is 4.56. The molecule has 1 heterocycles. The molecule has 36 heavy (non-hydrogen) atoms. The number of nitrogens with one attached hydrogen (secondary N) is 1. The van der Waals surface area contributed by atoms with Crippen molar-refractivity contribution in [2.24, 2.45) is 11.3 Å². The highest BCUT2D eigenvalue weighted by molar-refractivity contribution is 7.95. The molecule has 1 N–H and O–H groups in total. The number of allylic oxidation sites excluding steroid dienone is 1. The van der Waals surface area contributed by atoms with Crippen LogP contribution in [0.15, 0.2) is 35.7 Å². The van der Waals surface area contributed by atoms with Gasteiger partial charge in [-0.1, -0.05) is 71.4 Å². The topological polar surface area (TPSA) is 34.1 Å². The Balaban J connectivity index is 2.13. The third kappa shape index (κ3) is 9.94. The van der Waals surface area contributed by atoms with Crippen molar-refractivity contribution >= 4 is 29.1 Å². The van der Waals surface area contributed by atoms with E-state index in [1.165, 1.54) is 5.56 Å². The monoisotopic (exact) mass is 540 g/mol. The van der Waals surface area contributed by atoms with Crippen molar-refractivity contribution in [3.05, 3.63) is 68.7 Å². The van der Waals surface area contributed by atoms with E-state index in [1.807, 2.05) is 13.8 Å². The van der Waals surface area contributed by atoms with Gasteiger partial charge < -0.3 is 9.50 Å². The zero-order valence-corrected chi connectivity index (χ0v) is 24.1. The Morgan fingerprint density at radius 2 is 1.83 bits per heavy atom. The number of hydrogen-bond donors (Lipinski definition) is 1. The van der Waals surface area contributed by atoms with E-state index in [4.69, 9.17) is 9.17 Å². The average Bonchev–Trinajstić information content (AvgIpc) is 3.23. The molecule has 1 atom stereocenters. The third-order valence-corrected chi connectivity index (χ3v) is 7.54. The second-order valence-electron chi connectivity index (χ2n) is 10.3. The zero-order chi connectivity index (χ0) is 27.1. The van der Waals surface area contributed by atoms with E-state index >= 15 is 0 Å². The van der Waals surface area contributed by atoms with Gasteiger partial charge in [-0.2, -0.15) is 13.2 Å². The first-order valence-corrected chi connectivity index (χ1v) is 13.9. The van der Waals surface area contributed by atoms with Crippen LogP contribution < -0.4 is 5.32 Å². The minimum atomic E-state index is -4.37. The number of thiazole rings is 1. The number of rotatable bonds is 12. The molecule has 3 nitrogen and oxygen atoms in total. The normalized spacial score (nSPS) is 13.7. The van der Waals surface area contributed by atoms with Gasteiger partial charge in [0.25, 0.3) is 0 Å². The number of alkyl halides is 3. The Hall–Kier alpha value is -1.77. The lowest BCUT2D eigenvalue weighted by Gasteiger charge is -2.23. The van der Waals surface area contributed by atoms with Crippen molar-refractivity contribution < 1.29 is 17.4 Å². The molecule has 200 valence electrons. The van der Waals surface area contributed by atoms with E-state index in [9.17, 15) is 13.2 Å². The van der Waals surface area contributed by atoms with Crippen LogP contribution in [0, 0.1) is 25.2 Å². The van der Waals surface area contributed by atoms with Crippen molar-refractivity contribution in [3.63, 3.8) is 0 Å². The first-order valence-electron chi connectivity index (χ1n) is 12.2. The summed E-state index contributed by atoms with van der Waals surface area (Å²) in [6.45, 7) is 19.9. The molecule has 8 heteroatoms. The Labute approximate surface area is 222 Å². The highest BCUT2D eigenvalue weighted by atomic mass is 32.2. The van der Waals surface area contributed by atoms with Gasteiger partial charge in [0.1, 0.15) is 12.0 Å². The first kappa shape index (κ1) is 30.5. The number of hydrogen-bond acceptors (Lipinski definition) is 5. The molecular weight excluding hydrogens is 501 g/mol. The fourth-order valence-electron chi connectivity index (χ4n) is 3.44. The van der Waals surface area contributed by atoms with Crippen LogP contribution >= 0.6 is 23.4 Å². The fraction of sp³-hybridized carbons (Fsp3) is 0.536. The molecule has 0 bridgehead atoms. The summed E-state index contributed by atoms with van der Waals surface area (Å²) < 4.78 is 41.5. The number of benzene rings is 1. The highest BCUT2D eigenvalue weighted by Crippen LogP contribution is 2.31. The average molecular weight is 541 g/mol. The van der Waals surface area contributed by atoms with E-state index in [-0.39, 0.29) is 12.0 Å². The summed E-state index contributed by atoms with van der Waals surface area (Å²) in [5, 5.41) is 6.69. The van der Waals surface area contributed by atoms with E-state index in [1.54, 1.807) is 11.3 Å². The van der Waals surface area contributed by atoms with Crippen LogP contribution in [-0.4, -0.2) is 23.6 Å². The Kier molecular flexibility index (Phi) is 11.1. The van der Waals surface area contributed by atoms with Crippen molar-refractivity contribution in [2.75, 3.05) is 13.2 Å². The van der Waals surface area contributed by atoms with Gasteiger partial charge >= 0.3 is 5.51 Å². The molecule has 1 aromatic heterocycles. The maximum atomic E-state index is 12.3. The van der Waals surface area contributed by atoms with Crippen LogP contribution in [0.4, 0.5) is 13.2 Å². The molecule has 0 radical (unpaired) electrons. The largest absolute Gasteiger partial charge is 0.467 e. The van der Waals surface area contributed by atoms with Crippen molar-refractivity contribution in [1.82, 2.24) is 10.3 Å². The zero-order valence-electron chi connectivity index (χ0n) is 22.4.